The van der Waals surface area contributed by atoms with Gasteiger partial charge in [-0.2, -0.15) is 0 Å². The third kappa shape index (κ3) is 3.50. The van der Waals surface area contributed by atoms with E-state index in [1.54, 1.807) is 0 Å². The van der Waals surface area contributed by atoms with Gasteiger partial charge in [0.1, 0.15) is 0 Å². The lowest BCUT2D eigenvalue weighted by Crippen LogP contribution is -2.41. The summed E-state index contributed by atoms with van der Waals surface area (Å²) in [6.45, 7) is 6.51. The number of nitrogens with zero attached hydrogens (tertiary/aromatic N) is 2. The van der Waals surface area contributed by atoms with Gasteiger partial charge >= 0.3 is 0 Å². The Labute approximate surface area is 120 Å². The molecule has 0 atom stereocenters. The highest BCUT2D eigenvalue weighted by molar-refractivity contribution is 5.97. The van der Waals surface area contributed by atoms with Crippen molar-refractivity contribution in [3.63, 3.8) is 0 Å². The molecule has 108 valence electrons. The standard InChI is InChI=1S/C15H22N4O/c1-3-16-15(18-10-9-17-12(2)20)19-11-8-13-6-4-5-7-14(13)19/h4-7H,3,8-11H2,1-2H3,(H,16,18)(H,17,20). The number of rotatable bonds is 4. The van der Waals surface area contributed by atoms with E-state index in [1.807, 2.05) is 0 Å². The van der Waals surface area contributed by atoms with Gasteiger partial charge in [-0.15, -0.1) is 0 Å². The first-order chi connectivity index (χ1) is 9.72. The minimum Gasteiger partial charge on any atom is -0.356 e. The van der Waals surface area contributed by atoms with Crippen LogP contribution in [0.5, 0.6) is 0 Å². The van der Waals surface area contributed by atoms with Crippen LogP contribution in [0.4, 0.5) is 5.69 Å². The molecule has 5 nitrogen and oxygen atoms in total. The van der Waals surface area contributed by atoms with E-state index in [9.17, 15) is 4.79 Å². The monoisotopic (exact) mass is 274 g/mol. The van der Waals surface area contributed by atoms with Crippen LogP contribution in [0.15, 0.2) is 29.3 Å². The second-order valence-corrected chi connectivity index (χ2v) is 4.75. The molecule has 1 aliphatic heterocycles. The van der Waals surface area contributed by atoms with E-state index in [-0.39, 0.29) is 5.91 Å². The van der Waals surface area contributed by atoms with E-state index >= 15 is 0 Å². The number of carbonyl (C=O) groups excluding carboxylic acids is 1. The van der Waals surface area contributed by atoms with Gasteiger partial charge in [0.05, 0.1) is 6.54 Å². The quantitative estimate of drug-likeness (QED) is 0.492. The molecule has 2 N–H and O–H groups in total. The summed E-state index contributed by atoms with van der Waals surface area (Å²) < 4.78 is 0. The molecule has 2 rings (SSSR count). The van der Waals surface area contributed by atoms with Crippen LogP contribution >= 0.6 is 0 Å². The third-order valence-corrected chi connectivity index (χ3v) is 3.23. The van der Waals surface area contributed by atoms with Crippen LogP contribution in [-0.2, 0) is 11.2 Å². The molecule has 0 spiro atoms. The maximum absolute atomic E-state index is 10.8. The number of benzene rings is 1. The number of hydrogen-bond donors (Lipinski definition) is 2. The van der Waals surface area contributed by atoms with E-state index < -0.39 is 0 Å². The summed E-state index contributed by atoms with van der Waals surface area (Å²) in [4.78, 5) is 17.6. The molecule has 1 aromatic carbocycles. The summed E-state index contributed by atoms with van der Waals surface area (Å²) in [5.74, 6) is 0.875. The van der Waals surface area contributed by atoms with Gasteiger partial charge in [0.15, 0.2) is 5.96 Å². The summed E-state index contributed by atoms with van der Waals surface area (Å²) in [6, 6.07) is 8.42. The van der Waals surface area contributed by atoms with Crippen molar-refractivity contribution in [3.05, 3.63) is 29.8 Å². The first-order valence-corrected chi connectivity index (χ1v) is 7.10. The topological polar surface area (TPSA) is 56.7 Å². The van der Waals surface area contributed by atoms with Crippen molar-refractivity contribution in [2.45, 2.75) is 20.3 Å². The molecule has 0 aromatic heterocycles. The first-order valence-electron chi connectivity index (χ1n) is 7.10. The molecular formula is C15H22N4O. The predicted octanol–water partition coefficient (Wildman–Crippen LogP) is 1.15. The highest BCUT2D eigenvalue weighted by Gasteiger charge is 2.22. The molecule has 1 heterocycles. The summed E-state index contributed by atoms with van der Waals surface area (Å²) in [7, 11) is 0. The van der Waals surface area contributed by atoms with E-state index in [2.05, 4.69) is 51.7 Å². The number of guanidine groups is 1. The van der Waals surface area contributed by atoms with Gasteiger partial charge < -0.3 is 15.5 Å². The smallest absolute Gasteiger partial charge is 0.216 e. The number of aliphatic imine (C=N–C) groups is 1. The highest BCUT2D eigenvalue weighted by atomic mass is 16.1. The molecular weight excluding hydrogens is 252 g/mol. The van der Waals surface area contributed by atoms with Gasteiger partial charge in [0.25, 0.3) is 0 Å². The van der Waals surface area contributed by atoms with Crippen molar-refractivity contribution < 1.29 is 4.79 Å². The van der Waals surface area contributed by atoms with E-state index in [1.165, 1.54) is 18.2 Å². The lowest BCUT2D eigenvalue weighted by Gasteiger charge is -2.22. The fourth-order valence-corrected chi connectivity index (χ4v) is 2.35. The van der Waals surface area contributed by atoms with Crippen LogP contribution in [0.25, 0.3) is 0 Å². The van der Waals surface area contributed by atoms with Crippen LogP contribution in [0.1, 0.15) is 19.4 Å². The van der Waals surface area contributed by atoms with Crippen molar-refractivity contribution in [2.24, 2.45) is 4.99 Å². The van der Waals surface area contributed by atoms with Gasteiger partial charge in [-0.3, -0.25) is 9.79 Å². The zero-order chi connectivity index (χ0) is 14.4. The van der Waals surface area contributed by atoms with Gasteiger partial charge in [0, 0.05) is 32.2 Å². The summed E-state index contributed by atoms with van der Waals surface area (Å²) in [5.41, 5.74) is 2.59. The highest BCUT2D eigenvalue weighted by Crippen LogP contribution is 2.27. The Morgan fingerprint density at radius 1 is 1.35 bits per heavy atom. The van der Waals surface area contributed by atoms with Crippen LogP contribution in [0.2, 0.25) is 0 Å². The largest absolute Gasteiger partial charge is 0.356 e. The number of para-hydroxylation sites is 1. The molecule has 1 aliphatic rings. The van der Waals surface area contributed by atoms with E-state index in [4.69, 9.17) is 0 Å². The Kier molecular flexibility index (Phi) is 4.98. The Hall–Kier alpha value is -2.04. The fraction of sp³-hybridized carbons (Fsp3) is 0.467. The number of fused-ring (bicyclic) bond motifs is 1. The van der Waals surface area contributed by atoms with Crippen LogP contribution in [0.3, 0.4) is 0 Å². The number of amides is 1. The summed E-state index contributed by atoms with van der Waals surface area (Å²) in [5, 5.41) is 6.08. The van der Waals surface area contributed by atoms with Crippen molar-refractivity contribution >= 4 is 17.6 Å². The van der Waals surface area contributed by atoms with Crippen molar-refractivity contribution in [3.8, 4) is 0 Å². The molecule has 0 saturated heterocycles. The maximum Gasteiger partial charge on any atom is 0.216 e. The average Bonchev–Trinajstić information content (AvgIpc) is 2.86. The average molecular weight is 274 g/mol. The Bertz CT molecular complexity index is 498. The fourth-order valence-electron chi connectivity index (χ4n) is 2.35. The van der Waals surface area contributed by atoms with Crippen molar-refractivity contribution in [2.75, 3.05) is 31.1 Å². The Balaban J connectivity index is 2.05. The molecule has 0 fully saturated rings. The van der Waals surface area contributed by atoms with E-state index in [0.29, 0.717) is 13.1 Å². The van der Waals surface area contributed by atoms with Gasteiger partial charge in [-0.05, 0) is 25.0 Å². The second-order valence-electron chi connectivity index (χ2n) is 4.75. The maximum atomic E-state index is 10.8. The first kappa shape index (κ1) is 14.4. The number of nitrogens with one attached hydrogen (secondary N) is 2. The predicted molar refractivity (Wildman–Crippen MR) is 82.2 cm³/mol. The van der Waals surface area contributed by atoms with Crippen LogP contribution in [-0.4, -0.2) is 38.0 Å². The molecule has 0 unspecified atom stereocenters. The Morgan fingerprint density at radius 3 is 2.90 bits per heavy atom. The lowest BCUT2D eigenvalue weighted by molar-refractivity contribution is -0.118. The minimum atomic E-state index is -0.0169. The van der Waals surface area contributed by atoms with Gasteiger partial charge in [-0.1, -0.05) is 18.2 Å². The third-order valence-electron chi connectivity index (χ3n) is 3.23. The van der Waals surface area contributed by atoms with Crippen molar-refractivity contribution in [1.82, 2.24) is 10.6 Å². The number of carbonyl (C=O) groups is 1. The molecule has 0 radical (unpaired) electrons. The molecule has 1 aromatic rings. The SMILES string of the molecule is CCNC(=NCCNC(C)=O)N1CCc2ccccc21. The van der Waals surface area contributed by atoms with Crippen molar-refractivity contribution in [1.29, 1.82) is 0 Å². The number of hydrogen-bond acceptors (Lipinski definition) is 2. The normalized spacial score (nSPS) is 14.1. The summed E-state index contributed by atoms with van der Waals surface area (Å²) >= 11 is 0. The minimum absolute atomic E-state index is 0.0169. The second kappa shape index (κ2) is 6.93. The lowest BCUT2D eigenvalue weighted by atomic mass is 10.2. The molecule has 0 bridgehead atoms. The van der Waals surface area contributed by atoms with Gasteiger partial charge in [0.2, 0.25) is 5.91 Å². The number of anilines is 1. The Morgan fingerprint density at radius 2 is 2.15 bits per heavy atom. The molecule has 20 heavy (non-hydrogen) atoms. The molecule has 0 saturated carbocycles. The van der Waals surface area contributed by atoms with Gasteiger partial charge in [-0.25, -0.2) is 0 Å². The summed E-state index contributed by atoms with van der Waals surface area (Å²) in [6.07, 6.45) is 1.05. The zero-order valence-electron chi connectivity index (χ0n) is 12.1. The molecule has 5 heteroatoms. The van der Waals surface area contributed by atoms with E-state index in [0.717, 1.165) is 25.5 Å². The molecule has 0 aliphatic carbocycles. The van der Waals surface area contributed by atoms with Crippen LogP contribution in [0, 0.1) is 0 Å². The van der Waals surface area contributed by atoms with Crippen LogP contribution < -0.4 is 15.5 Å². The zero-order valence-corrected chi connectivity index (χ0v) is 12.1. The molecule has 1 amide bonds.